The predicted molar refractivity (Wildman–Crippen MR) is 96.9 cm³/mol. The average molecular weight is 378 g/mol. The van der Waals surface area contributed by atoms with Gasteiger partial charge in [-0.1, -0.05) is 42.5 Å². The minimum absolute atomic E-state index is 0.155. The molecular formula is C17H18N2O4S2. The van der Waals surface area contributed by atoms with Crippen molar-refractivity contribution in [3.8, 4) is 0 Å². The molecule has 0 unspecified atom stereocenters. The zero-order valence-corrected chi connectivity index (χ0v) is 15.0. The first kappa shape index (κ1) is 18.9. The third-order valence-electron chi connectivity index (χ3n) is 3.38. The van der Waals surface area contributed by atoms with Crippen molar-refractivity contribution < 1.29 is 18.0 Å². The van der Waals surface area contributed by atoms with E-state index in [0.29, 0.717) is 5.56 Å². The minimum Gasteiger partial charge on any atom is -0.346 e. The van der Waals surface area contributed by atoms with E-state index in [1.807, 2.05) is 0 Å². The molecule has 1 aromatic carbocycles. The molecule has 1 atom stereocenters. The molecule has 2 N–H and O–H groups in total. The number of amides is 2. The van der Waals surface area contributed by atoms with E-state index < -0.39 is 26.9 Å². The lowest BCUT2D eigenvalue weighted by atomic mass is 10.1. The van der Waals surface area contributed by atoms with Crippen molar-refractivity contribution in [3.63, 3.8) is 0 Å². The van der Waals surface area contributed by atoms with E-state index in [0.717, 1.165) is 11.3 Å². The molecule has 8 heteroatoms. The number of rotatable bonds is 7. The summed E-state index contributed by atoms with van der Waals surface area (Å²) in [6.07, 6.45) is 1.44. The molecular weight excluding hydrogens is 360 g/mol. The van der Waals surface area contributed by atoms with Crippen LogP contribution in [0.2, 0.25) is 0 Å². The topological polar surface area (TPSA) is 92.3 Å². The molecule has 0 radical (unpaired) electrons. The first-order valence-electron chi connectivity index (χ1n) is 7.46. The molecule has 1 aromatic heterocycles. The van der Waals surface area contributed by atoms with Crippen molar-refractivity contribution in [2.24, 2.45) is 0 Å². The Balaban J connectivity index is 2.21. The molecule has 2 rings (SSSR count). The maximum Gasteiger partial charge on any atom is 0.309 e. The van der Waals surface area contributed by atoms with E-state index in [2.05, 4.69) is 17.2 Å². The van der Waals surface area contributed by atoms with Gasteiger partial charge in [0.1, 0.15) is 9.46 Å². The number of nitrogens with one attached hydrogen (secondary N) is 2. The number of sulfone groups is 1. The van der Waals surface area contributed by atoms with Gasteiger partial charge in [-0.25, -0.2) is 8.42 Å². The Hall–Kier alpha value is -2.45. The van der Waals surface area contributed by atoms with Crippen LogP contribution < -0.4 is 10.6 Å². The molecule has 2 amide bonds. The lowest BCUT2D eigenvalue weighted by Gasteiger charge is -2.18. The van der Waals surface area contributed by atoms with Gasteiger partial charge in [0.2, 0.25) is 0 Å². The van der Waals surface area contributed by atoms with Gasteiger partial charge in [-0.3, -0.25) is 9.59 Å². The van der Waals surface area contributed by atoms with Crippen molar-refractivity contribution in [2.75, 3.05) is 13.1 Å². The van der Waals surface area contributed by atoms with Crippen LogP contribution in [0.4, 0.5) is 0 Å². The Morgan fingerprint density at radius 3 is 2.36 bits per heavy atom. The standard InChI is InChI=1S/C17H18N2O4S2/c1-2-10-18-16(20)17(21)19-12-14(13-7-4-3-5-8-13)25(22,23)15-9-6-11-24-15/h2-9,11,14H,1,10,12H2,(H,18,20)(H,19,21)/t14-/m1/s1. The number of benzene rings is 1. The normalized spacial score (nSPS) is 12.2. The predicted octanol–water partition coefficient (Wildman–Crippen LogP) is 1.68. The summed E-state index contributed by atoms with van der Waals surface area (Å²) in [6.45, 7) is 3.39. The number of thiophene rings is 1. The lowest BCUT2D eigenvalue weighted by Crippen LogP contribution is -2.42. The van der Waals surface area contributed by atoms with Crippen LogP contribution in [0.15, 0.2) is 64.7 Å². The quantitative estimate of drug-likeness (QED) is 0.566. The molecule has 6 nitrogen and oxygen atoms in total. The molecule has 0 saturated heterocycles. The summed E-state index contributed by atoms with van der Waals surface area (Å²) >= 11 is 1.11. The molecule has 0 spiro atoms. The average Bonchev–Trinajstić information content (AvgIpc) is 3.16. The van der Waals surface area contributed by atoms with Crippen molar-refractivity contribution in [2.45, 2.75) is 9.46 Å². The highest BCUT2D eigenvalue weighted by atomic mass is 32.2. The SMILES string of the molecule is C=CCNC(=O)C(=O)NC[C@H](c1ccccc1)S(=O)(=O)c1cccs1. The monoisotopic (exact) mass is 378 g/mol. The van der Waals surface area contributed by atoms with Gasteiger partial charge < -0.3 is 10.6 Å². The van der Waals surface area contributed by atoms with E-state index in [9.17, 15) is 18.0 Å². The highest BCUT2D eigenvalue weighted by Gasteiger charge is 2.30. The molecule has 0 aliphatic carbocycles. The van der Waals surface area contributed by atoms with Crippen LogP contribution in [-0.4, -0.2) is 33.3 Å². The molecule has 0 aliphatic heterocycles. The summed E-state index contributed by atoms with van der Waals surface area (Å²) in [6, 6.07) is 11.8. The first-order chi connectivity index (χ1) is 12.0. The van der Waals surface area contributed by atoms with Gasteiger partial charge in [0.15, 0.2) is 9.84 Å². The Morgan fingerprint density at radius 2 is 1.76 bits per heavy atom. The number of carbonyl (C=O) groups excluding carboxylic acids is 2. The highest BCUT2D eigenvalue weighted by Crippen LogP contribution is 2.30. The molecule has 1 heterocycles. The molecule has 0 aliphatic rings. The van der Waals surface area contributed by atoms with Gasteiger partial charge >= 0.3 is 11.8 Å². The third kappa shape index (κ3) is 4.77. The van der Waals surface area contributed by atoms with Gasteiger partial charge in [-0.05, 0) is 17.0 Å². The summed E-state index contributed by atoms with van der Waals surface area (Å²) in [5, 5.41) is 5.44. The fourth-order valence-corrected chi connectivity index (χ4v) is 5.02. The molecule has 0 fully saturated rings. The summed E-state index contributed by atoms with van der Waals surface area (Å²) in [4.78, 5) is 23.5. The Kier molecular flexibility index (Phi) is 6.49. The summed E-state index contributed by atoms with van der Waals surface area (Å²) in [5.41, 5.74) is 0.544. The zero-order chi connectivity index (χ0) is 18.3. The van der Waals surface area contributed by atoms with Gasteiger partial charge in [0.05, 0.1) is 0 Å². The van der Waals surface area contributed by atoms with Crippen LogP contribution in [0, 0.1) is 0 Å². The van der Waals surface area contributed by atoms with E-state index in [1.54, 1.807) is 41.8 Å². The Bertz CT molecular complexity index is 831. The minimum atomic E-state index is -3.69. The fraction of sp³-hybridized carbons (Fsp3) is 0.176. The van der Waals surface area contributed by atoms with Gasteiger partial charge in [0.25, 0.3) is 0 Å². The lowest BCUT2D eigenvalue weighted by molar-refractivity contribution is -0.139. The van der Waals surface area contributed by atoms with Crippen LogP contribution in [-0.2, 0) is 19.4 Å². The third-order valence-corrected chi connectivity index (χ3v) is 6.91. The van der Waals surface area contributed by atoms with Crippen LogP contribution in [0.3, 0.4) is 0 Å². The maximum atomic E-state index is 12.9. The van der Waals surface area contributed by atoms with Gasteiger partial charge in [-0.15, -0.1) is 17.9 Å². The number of hydrogen-bond acceptors (Lipinski definition) is 5. The maximum absolute atomic E-state index is 12.9. The summed E-state index contributed by atoms with van der Waals surface area (Å²) in [7, 11) is -3.69. The van der Waals surface area contributed by atoms with Crippen LogP contribution >= 0.6 is 11.3 Å². The van der Waals surface area contributed by atoms with E-state index in [1.165, 1.54) is 12.1 Å². The van der Waals surface area contributed by atoms with Crippen molar-refractivity contribution >= 4 is 33.0 Å². The second-order valence-electron chi connectivity index (χ2n) is 5.09. The molecule has 25 heavy (non-hydrogen) atoms. The molecule has 0 saturated carbocycles. The zero-order valence-electron chi connectivity index (χ0n) is 13.3. The summed E-state index contributed by atoms with van der Waals surface area (Å²) in [5.74, 6) is -1.72. The van der Waals surface area contributed by atoms with E-state index in [-0.39, 0.29) is 17.3 Å². The second-order valence-corrected chi connectivity index (χ2v) is 8.39. The Labute approximate surface area is 150 Å². The van der Waals surface area contributed by atoms with Crippen LogP contribution in [0.25, 0.3) is 0 Å². The van der Waals surface area contributed by atoms with Gasteiger partial charge in [-0.2, -0.15) is 0 Å². The fourth-order valence-electron chi connectivity index (χ4n) is 2.15. The molecule has 132 valence electrons. The van der Waals surface area contributed by atoms with Crippen molar-refractivity contribution in [1.29, 1.82) is 0 Å². The van der Waals surface area contributed by atoms with Gasteiger partial charge in [0, 0.05) is 13.1 Å². The highest BCUT2D eigenvalue weighted by molar-refractivity contribution is 7.93. The largest absolute Gasteiger partial charge is 0.346 e. The second kappa shape index (κ2) is 8.59. The smallest absolute Gasteiger partial charge is 0.309 e. The Morgan fingerprint density at radius 1 is 1.08 bits per heavy atom. The molecule has 2 aromatic rings. The summed E-state index contributed by atoms with van der Waals surface area (Å²) < 4.78 is 26.0. The van der Waals surface area contributed by atoms with Crippen molar-refractivity contribution in [3.05, 3.63) is 66.1 Å². The van der Waals surface area contributed by atoms with Crippen molar-refractivity contribution in [1.82, 2.24) is 10.6 Å². The van der Waals surface area contributed by atoms with E-state index >= 15 is 0 Å². The van der Waals surface area contributed by atoms with Crippen LogP contribution in [0.5, 0.6) is 0 Å². The van der Waals surface area contributed by atoms with E-state index in [4.69, 9.17) is 0 Å². The first-order valence-corrected chi connectivity index (χ1v) is 9.88. The van der Waals surface area contributed by atoms with Crippen LogP contribution in [0.1, 0.15) is 10.8 Å². The number of carbonyl (C=O) groups is 2. The molecule has 0 bridgehead atoms. The number of hydrogen-bond donors (Lipinski definition) is 2.